The topological polar surface area (TPSA) is 53.6 Å². The van der Waals surface area contributed by atoms with Gasteiger partial charge in [-0.1, -0.05) is 18.2 Å². The van der Waals surface area contributed by atoms with Crippen molar-refractivity contribution in [3.63, 3.8) is 0 Å². The van der Waals surface area contributed by atoms with E-state index in [1.807, 2.05) is 53.4 Å². The van der Waals surface area contributed by atoms with E-state index in [9.17, 15) is 4.79 Å². The van der Waals surface area contributed by atoms with Crippen molar-refractivity contribution in [2.24, 2.45) is 0 Å². The van der Waals surface area contributed by atoms with Gasteiger partial charge in [0.2, 0.25) is 5.91 Å². The zero-order valence-electron chi connectivity index (χ0n) is 14.1. The molecule has 1 saturated heterocycles. The number of rotatable bonds is 5. The quantitative estimate of drug-likeness (QED) is 0.806. The smallest absolute Gasteiger partial charge is 0.227 e. The summed E-state index contributed by atoms with van der Waals surface area (Å²) in [5.74, 6) is 1.02. The van der Waals surface area contributed by atoms with Gasteiger partial charge in [-0.3, -0.25) is 4.79 Å². The number of nitrogens with one attached hydrogen (secondary N) is 2. The van der Waals surface area contributed by atoms with Crippen LogP contribution in [0.1, 0.15) is 18.4 Å². The average molecular weight is 355 g/mol. The summed E-state index contributed by atoms with van der Waals surface area (Å²) in [6.07, 6.45) is 1.56. The summed E-state index contributed by atoms with van der Waals surface area (Å²) in [6, 6.07) is 15.6. The SMILES string of the molecule is COc1ccccc1CNC(=S)Nc1ccc(N2CCCC2=O)cc1. The van der Waals surface area contributed by atoms with E-state index in [0.717, 1.165) is 35.7 Å². The Kier molecular flexibility index (Phi) is 5.50. The number of thiocarbonyl (C=S) groups is 1. The van der Waals surface area contributed by atoms with E-state index in [-0.39, 0.29) is 5.91 Å². The molecule has 6 heteroatoms. The number of para-hydroxylation sites is 1. The Morgan fingerprint density at radius 3 is 2.64 bits per heavy atom. The molecular weight excluding hydrogens is 334 g/mol. The molecule has 1 amide bonds. The molecule has 1 aliphatic rings. The number of anilines is 2. The molecule has 5 nitrogen and oxygen atoms in total. The van der Waals surface area contributed by atoms with Gasteiger partial charge in [0.25, 0.3) is 0 Å². The molecule has 1 aliphatic heterocycles. The molecule has 0 atom stereocenters. The van der Waals surface area contributed by atoms with Gasteiger partial charge in [-0.15, -0.1) is 0 Å². The summed E-state index contributed by atoms with van der Waals surface area (Å²) in [6.45, 7) is 1.38. The lowest BCUT2D eigenvalue weighted by Gasteiger charge is -2.17. The van der Waals surface area contributed by atoms with Gasteiger partial charge in [0.1, 0.15) is 5.75 Å². The average Bonchev–Trinajstić information content (AvgIpc) is 3.07. The minimum Gasteiger partial charge on any atom is -0.496 e. The number of methoxy groups -OCH3 is 1. The van der Waals surface area contributed by atoms with Gasteiger partial charge in [0.05, 0.1) is 7.11 Å². The predicted octanol–water partition coefficient (Wildman–Crippen LogP) is 3.31. The van der Waals surface area contributed by atoms with E-state index in [1.54, 1.807) is 7.11 Å². The lowest BCUT2D eigenvalue weighted by atomic mass is 10.2. The zero-order chi connectivity index (χ0) is 17.6. The molecular formula is C19H21N3O2S. The number of hydrogen-bond donors (Lipinski definition) is 2. The Hall–Kier alpha value is -2.60. The van der Waals surface area contributed by atoms with E-state index in [4.69, 9.17) is 17.0 Å². The summed E-state index contributed by atoms with van der Waals surface area (Å²) >= 11 is 5.35. The number of amides is 1. The van der Waals surface area contributed by atoms with Crippen molar-refractivity contribution in [2.45, 2.75) is 19.4 Å². The van der Waals surface area contributed by atoms with Crippen molar-refractivity contribution in [2.75, 3.05) is 23.9 Å². The minimum atomic E-state index is 0.190. The van der Waals surface area contributed by atoms with E-state index >= 15 is 0 Å². The molecule has 2 aromatic carbocycles. The highest BCUT2D eigenvalue weighted by Crippen LogP contribution is 2.23. The van der Waals surface area contributed by atoms with Crippen molar-refractivity contribution in [3.8, 4) is 5.75 Å². The van der Waals surface area contributed by atoms with E-state index in [1.165, 1.54) is 0 Å². The molecule has 0 spiro atoms. The van der Waals surface area contributed by atoms with Crippen LogP contribution >= 0.6 is 12.2 Å². The number of ether oxygens (including phenoxy) is 1. The Balaban J connectivity index is 1.55. The monoisotopic (exact) mass is 355 g/mol. The van der Waals surface area contributed by atoms with Crippen LogP contribution in [0.3, 0.4) is 0 Å². The normalized spacial score (nSPS) is 13.6. The van der Waals surface area contributed by atoms with Gasteiger partial charge >= 0.3 is 0 Å². The van der Waals surface area contributed by atoms with Crippen LogP contribution in [0.25, 0.3) is 0 Å². The number of carbonyl (C=O) groups is 1. The first-order valence-corrected chi connectivity index (χ1v) is 8.65. The van der Waals surface area contributed by atoms with Crippen LogP contribution in [-0.4, -0.2) is 24.7 Å². The summed E-state index contributed by atoms with van der Waals surface area (Å²) < 4.78 is 5.33. The fourth-order valence-corrected chi connectivity index (χ4v) is 3.04. The highest BCUT2D eigenvalue weighted by molar-refractivity contribution is 7.80. The summed E-state index contributed by atoms with van der Waals surface area (Å²) in [4.78, 5) is 13.6. The first-order valence-electron chi connectivity index (χ1n) is 8.24. The van der Waals surface area contributed by atoms with Crippen molar-refractivity contribution < 1.29 is 9.53 Å². The molecule has 3 rings (SSSR count). The van der Waals surface area contributed by atoms with E-state index < -0.39 is 0 Å². The predicted molar refractivity (Wildman–Crippen MR) is 104 cm³/mol. The maximum Gasteiger partial charge on any atom is 0.227 e. The molecule has 0 radical (unpaired) electrons. The van der Waals surface area contributed by atoms with Crippen molar-refractivity contribution >= 4 is 34.6 Å². The van der Waals surface area contributed by atoms with E-state index in [2.05, 4.69) is 10.6 Å². The molecule has 2 N–H and O–H groups in total. The molecule has 0 bridgehead atoms. The van der Waals surface area contributed by atoms with Crippen LogP contribution in [-0.2, 0) is 11.3 Å². The van der Waals surface area contributed by atoms with Gasteiger partial charge in [0.15, 0.2) is 5.11 Å². The van der Waals surface area contributed by atoms with Gasteiger partial charge in [0, 0.05) is 36.4 Å². The molecule has 0 saturated carbocycles. The number of hydrogen-bond acceptors (Lipinski definition) is 3. The van der Waals surface area contributed by atoms with Gasteiger partial charge in [-0.2, -0.15) is 0 Å². The number of nitrogens with zero attached hydrogens (tertiary/aromatic N) is 1. The first-order chi connectivity index (χ1) is 12.2. The second-order valence-electron chi connectivity index (χ2n) is 5.82. The zero-order valence-corrected chi connectivity index (χ0v) is 14.9. The van der Waals surface area contributed by atoms with Crippen LogP contribution in [0.4, 0.5) is 11.4 Å². The van der Waals surface area contributed by atoms with Crippen LogP contribution in [0.2, 0.25) is 0 Å². The Labute approximate surface area is 153 Å². The first kappa shape index (κ1) is 17.2. The fourth-order valence-electron chi connectivity index (χ4n) is 2.85. The molecule has 1 heterocycles. The summed E-state index contributed by atoms with van der Waals surface area (Å²) in [5, 5.41) is 6.87. The van der Waals surface area contributed by atoms with Crippen LogP contribution in [0.15, 0.2) is 48.5 Å². The number of benzene rings is 2. The third-order valence-electron chi connectivity index (χ3n) is 4.14. The van der Waals surface area contributed by atoms with Crippen molar-refractivity contribution in [1.82, 2.24) is 5.32 Å². The van der Waals surface area contributed by atoms with E-state index in [0.29, 0.717) is 18.1 Å². The summed E-state index contributed by atoms with van der Waals surface area (Å²) in [5.41, 5.74) is 2.85. The largest absolute Gasteiger partial charge is 0.496 e. The summed E-state index contributed by atoms with van der Waals surface area (Å²) in [7, 11) is 1.65. The highest BCUT2D eigenvalue weighted by atomic mass is 32.1. The second-order valence-corrected chi connectivity index (χ2v) is 6.22. The highest BCUT2D eigenvalue weighted by Gasteiger charge is 2.21. The maximum atomic E-state index is 11.8. The molecule has 25 heavy (non-hydrogen) atoms. The molecule has 0 aromatic heterocycles. The molecule has 2 aromatic rings. The third kappa shape index (κ3) is 4.28. The second kappa shape index (κ2) is 7.98. The van der Waals surface area contributed by atoms with Gasteiger partial charge in [-0.05, 0) is 49.0 Å². The van der Waals surface area contributed by atoms with Gasteiger partial charge in [-0.25, -0.2) is 0 Å². The lowest BCUT2D eigenvalue weighted by Crippen LogP contribution is -2.28. The number of carbonyl (C=O) groups excluding carboxylic acids is 1. The molecule has 0 aliphatic carbocycles. The standard InChI is InChI=1S/C19H21N3O2S/c1-24-17-6-3-2-5-14(17)13-20-19(25)21-15-8-10-16(11-9-15)22-12-4-7-18(22)23/h2-3,5-6,8-11H,4,7,12-13H2,1H3,(H2,20,21,25). The Morgan fingerprint density at radius 2 is 1.96 bits per heavy atom. The van der Waals surface area contributed by atoms with Crippen LogP contribution in [0, 0.1) is 0 Å². The van der Waals surface area contributed by atoms with Crippen molar-refractivity contribution in [3.05, 3.63) is 54.1 Å². The molecule has 1 fully saturated rings. The maximum absolute atomic E-state index is 11.8. The van der Waals surface area contributed by atoms with Gasteiger partial charge < -0.3 is 20.3 Å². The Bertz CT molecular complexity index is 762. The van der Waals surface area contributed by atoms with Crippen LogP contribution in [0.5, 0.6) is 5.75 Å². The minimum absolute atomic E-state index is 0.190. The lowest BCUT2D eigenvalue weighted by molar-refractivity contribution is -0.117. The van der Waals surface area contributed by atoms with Crippen LogP contribution < -0.4 is 20.3 Å². The molecule has 0 unspecified atom stereocenters. The Morgan fingerprint density at radius 1 is 1.20 bits per heavy atom. The molecule has 130 valence electrons. The third-order valence-corrected chi connectivity index (χ3v) is 4.39. The van der Waals surface area contributed by atoms with Crippen molar-refractivity contribution in [1.29, 1.82) is 0 Å². The fraction of sp³-hybridized carbons (Fsp3) is 0.263.